The highest BCUT2D eigenvalue weighted by Crippen LogP contribution is 2.06. The fraction of sp³-hybridized carbons (Fsp3) is 0.857. The highest BCUT2D eigenvalue weighted by atomic mass is 16.2. The Hall–Kier alpha value is -1.06. The van der Waals surface area contributed by atoms with Crippen molar-refractivity contribution < 1.29 is 9.59 Å². The molecular formula is C14H30N2O2. The Morgan fingerprint density at radius 2 is 1.44 bits per heavy atom. The number of carbonyl (C=O) groups is 2. The predicted molar refractivity (Wildman–Crippen MR) is 76.4 cm³/mol. The maximum Gasteiger partial charge on any atom is 0.219 e. The standard InChI is InChI=1S/C6H11NO.C6H13NO.C2H6/c1-6(8)7-4-2-3-5-7;1-5(2)7(4)6(3)8;1-2/h2-5H2,1H3;5H,1-4H3;1-2H3. The quantitative estimate of drug-likeness (QED) is 0.725. The summed E-state index contributed by atoms with van der Waals surface area (Å²) in [7, 11) is 1.80. The van der Waals surface area contributed by atoms with Crippen molar-refractivity contribution in [2.45, 2.75) is 60.4 Å². The van der Waals surface area contributed by atoms with Gasteiger partial charge >= 0.3 is 0 Å². The predicted octanol–water partition coefficient (Wildman–Crippen LogP) is 2.53. The number of nitrogens with zero attached hydrogens (tertiary/aromatic N) is 2. The zero-order valence-corrected chi connectivity index (χ0v) is 13.1. The van der Waals surface area contributed by atoms with Crippen LogP contribution in [0.3, 0.4) is 0 Å². The Balaban J connectivity index is 0. The smallest absolute Gasteiger partial charge is 0.219 e. The molecule has 1 fully saturated rings. The van der Waals surface area contributed by atoms with E-state index >= 15 is 0 Å². The van der Waals surface area contributed by atoms with Crippen molar-refractivity contribution >= 4 is 11.8 Å². The largest absolute Gasteiger partial charge is 0.344 e. The van der Waals surface area contributed by atoms with Gasteiger partial charge in [-0.15, -0.1) is 0 Å². The molecule has 1 aliphatic heterocycles. The molecule has 0 N–H and O–H groups in total. The van der Waals surface area contributed by atoms with Gasteiger partial charge < -0.3 is 9.80 Å². The summed E-state index contributed by atoms with van der Waals surface area (Å²) < 4.78 is 0. The molecule has 108 valence electrons. The summed E-state index contributed by atoms with van der Waals surface area (Å²) in [5, 5.41) is 0. The summed E-state index contributed by atoms with van der Waals surface area (Å²) in [6, 6.07) is 0.326. The number of amides is 2. The highest BCUT2D eigenvalue weighted by molar-refractivity contribution is 5.73. The first-order valence-corrected chi connectivity index (χ1v) is 6.85. The minimum absolute atomic E-state index is 0.125. The van der Waals surface area contributed by atoms with Crippen molar-refractivity contribution in [3.8, 4) is 0 Å². The number of likely N-dealkylation sites (tertiary alicyclic amines) is 1. The first kappa shape index (κ1) is 19.3. The second-order valence-electron chi connectivity index (χ2n) is 4.44. The van der Waals surface area contributed by atoms with Gasteiger partial charge in [0.2, 0.25) is 11.8 Å². The topological polar surface area (TPSA) is 40.6 Å². The van der Waals surface area contributed by atoms with Gasteiger partial charge in [-0.3, -0.25) is 9.59 Å². The molecule has 0 aromatic carbocycles. The lowest BCUT2D eigenvalue weighted by Gasteiger charge is -2.18. The van der Waals surface area contributed by atoms with E-state index in [0.717, 1.165) is 13.1 Å². The third kappa shape index (κ3) is 9.02. The minimum Gasteiger partial charge on any atom is -0.344 e. The van der Waals surface area contributed by atoms with Gasteiger partial charge in [-0.2, -0.15) is 0 Å². The summed E-state index contributed by atoms with van der Waals surface area (Å²) in [5.41, 5.74) is 0. The van der Waals surface area contributed by atoms with Crippen LogP contribution >= 0.6 is 0 Å². The van der Waals surface area contributed by atoms with Crippen LogP contribution in [0.15, 0.2) is 0 Å². The van der Waals surface area contributed by atoms with Crippen molar-refractivity contribution in [3.63, 3.8) is 0 Å². The molecular weight excluding hydrogens is 228 g/mol. The van der Waals surface area contributed by atoms with Gasteiger partial charge in [-0.1, -0.05) is 13.8 Å². The molecule has 18 heavy (non-hydrogen) atoms. The van der Waals surface area contributed by atoms with E-state index in [4.69, 9.17) is 0 Å². The fourth-order valence-electron chi connectivity index (χ4n) is 1.40. The highest BCUT2D eigenvalue weighted by Gasteiger charge is 2.12. The van der Waals surface area contributed by atoms with Gasteiger partial charge in [-0.25, -0.2) is 0 Å². The van der Waals surface area contributed by atoms with Gasteiger partial charge in [-0.05, 0) is 26.7 Å². The normalized spacial score (nSPS) is 13.2. The molecule has 1 aliphatic rings. The Bertz CT molecular complexity index is 222. The lowest BCUT2D eigenvalue weighted by atomic mass is 10.3. The summed E-state index contributed by atoms with van der Waals surface area (Å²) in [5.74, 6) is 0.350. The van der Waals surface area contributed by atoms with Crippen LogP contribution in [0.1, 0.15) is 54.4 Å². The van der Waals surface area contributed by atoms with E-state index in [1.807, 2.05) is 32.6 Å². The van der Waals surface area contributed by atoms with E-state index in [1.54, 1.807) is 25.8 Å². The molecule has 0 bridgehead atoms. The Labute approximate surface area is 112 Å². The lowest BCUT2D eigenvalue weighted by molar-refractivity contribution is -0.129. The molecule has 0 spiro atoms. The maximum atomic E-state index is 10.6. The van der Waals surface area contributed by atoms with E-state index in [2.05, 4.69) is 0 Å². The fourth-order valence-corrected chi connectivity index (χ4v) is 1.40. The molecule has 4 nitrogen and oxygen atoms in total. The van der Waals surface area contributed by atoms with E-state index < -0.39 is 0 Å². The summed E-state index contributed by atoms with van der Waals surface area (Å²) >= 11 is 0. The Kier molecular flexibility index (Phi) is 11.8. The third-order valence-electron chi connectivity index (χ3n) is 2.82. The van der Waals surface area contributed by atoms with Crippen LogP contribution in [-0.2, 0) is 9.59 Å². The van der Waals surface area contributed by atoms with Crippen molar-refractivity contribution in [2.24, 2.45) is 0 Å². The molecule has 0 radical (unpaired) electrons. The van der Waals surface area contributed by atoms with E-state index in [1.165, 1.54) is 12.8 Å². The monoisotopic (exact) mass is 258 g/mol. The number of hydrogen-bond donors (Lipinski definition) is 0. The van der Waals surface area contributed by atoms with Crippen LogP contribution < -0.4 is 0 Å². The van der Waals surface area contributed by atoms with Crippen LogP contribution in [0.4, 0.5) is 0 Å². The van der Waals surface area contributed by atoms with Crippen LogP contribution in [0.2, 0.25) is 0 Å². The van der Waals surface area contributed by atoms with Crippen LogP contribution in [0.25, 0.3) is 0 Å². The number of carbonyl (C=O) groups excluding carboxylic acids is 2. The maximum absolute atomic E-state index is 10.6. The molecule has 0 aromatic heterocycles. The van der Waals surface area contributed by atoms with Crippen LogP contribution in [0, 0.1) is 0 Å². The second-order valence-corrected chi connectivity index (χ2v) is 4.44. The first-order chi connectivity index (χ1) is 8.36. The Morgan fingerprint density at radius 3 is 1.56 bits per heavy atom. The molecule has 4 heteroatoms. The summed E-state index contributed by atoms with van der Waals surface area (Å²) in [6.07, 6.45) is 2.39. The van der Waals surface area contributed by atoms with Crippen molar-refractivity contribution in [2.75, 3.05) is 20.1 Å². The first-order valence-electron chi connectivity index (χ1n) is 6.85. The zero-order valence-electron chi connectivity index (χ0n) is 13.1. The van der Waals surface area contributed by atoms with E-state index in [9.17, 15) is 9.59 Å². The van der Waals surface area contributed by atoms with Gasteiger partial charge in [0.15, 0.2) is 0 Å². The van der Waals surface area contributed by atoms with Crippen LogP contribution in [0.5, 0.6) is 0 Å². The molecule has 0 aromatic rings. The third-order valence-corrected chi connectivity index (χ3v) is 2.82. The number of rotatable bonds is 1. The Morgan fingerprint density at radius 1 is 1.06 bits per heavy atom. The summed E-state index contributed by atoms with van der Waals surface area (Å²) in [6.45, 7) is 13.1. The van der Waals surface area contributed by atoms with Gasteiger partial charge in [0.05, 0.1) is 0 Å². The van der Waals surface area contributed by atoms with Crippen LogP contribution in [-0.4, -0.2) is 47.8 Å². The van der Waals surface area contributed by atoms with E-state index in [-0.39, 0.29) is 11.8 Å². The second kappa shape index (κ2) is 11.1. The summed E-state index contributed by atoms with van der Waals surface area (Å²) in [4.78, 5) is 24.7. The number of hydrogen-bond acceptors (Lipinski definition) is 2. The molecule has 0 atom stereocenters. The van der Waals surface area contributed by atoms with E-state index in [0.29, 0.717) is 6.04 Å². The van der Waals surface area contributed by atoms with Gasteiger partial charge in [0.1, 0.15) is 0 Å². The lowest BCUT2D eigenvalue weighted by Crippen LogP contribution is -2.30. The van der Waals surface area contributed by atoms with Crippen molar-refractivity contribution in [1.29, 1.82) is 0 Å². The van der Waals surface area contributed by atoms with Gasteiger partial charge in [0, 0.05) is 40.0 Å². The molecule has 2 amide bonds. The molecule has 1 heterocycles. The zero-order chi connectivity index (χ0) is 14.7. The van der Waals surface area contributed by atoms with Gasteiger partial charge in [0.25, 0.3) is 0 Å². The van der Waals surface area contributed by atoms with Crippen molar-refractivity contribution in [1.82, 2.24) is 9.80 Å². The SMILES string of the molecule is CC.CC(=O)N(C)C(C)C.CC(=O)N1CCCC1. The molecule has 0 aliphatic carbocycles. The average Bonchev–Trinajstić information content (AvgIpc) is 2.85. The molecule has 1 rings (SSSR count). The minimum atomic E-state index is 0.125. The molecule has 0 unspecified atom stereocenters. The molecule has 1 saturated heterocycles. The molecule has 0 saturated carbocycles. The average molecular weight is 258 g/mol. The van der Waals surface area contributed by atoms with Crippen molar-refractivity contribution in [3.05, 3.63) is 0 Å².